The van der Waals surface area contributed by atoms with Crippen molar-refractivity contribution < 1.29 is 14.4 Å². The Kier molecular flexibility index (Phi) is 6.47. The van der Waals surface area contributed by atoms with Gasteiger partial charge in [0, 0.05) is 28.9 Å². The zero-order chi connectivity index (χ0) is 23.0. The van der Waals surface area contributed by atoms with E-state index in [9.17, 15) is 14.4 Å². The van der Waals surface area contributed by atoms with E-state index in [1.54, 1.807) is 30.3 Å². The van der Waals surface area contributed by atoms with Crippen molar-refractivity contribution in [2.75, 3.05) is 16.8 Å². The first-order chi connectivity index (χ1) is 15.3. The molecule has 1 unspecified atom stereocenters. The molecule has 1 saturated heterocycles. The van der Waals surface area contributed by atoms with Crippen LogP contribution in [-0.2, 0) is 9.59 Å². The Hall–Kier alpha value is -2.54. The molecule has 32 heavy (non-hydrogen) atoms. The van der Waals surface area contributed by atoms with Crippen LogP contribution in [-0.4, -0.2) is 35.2 Å². The number of hydrogen-bond acceptors (Lipinski definition) is 4. The van der Waals surface area contributed by atoms with E-state index in [0.717, 1.165) is 30.7 Å². The fourth-order valence-corrected chi connectivity index (χ4v) is 4.47. The molecule has 4 rings (SSSR count). The molecule has 0 spiro atoms. The second kappa shape index (κ2) is 9.14. The van der Waals surface area contributed by atoms with Gasteiger partial charge in [0.25, 0.3) is 17.7 Å². The highest BCUT2D eigenvalue weighted by Gasteiger charge is 2.40. The number of imide groups is 1. The van der Waals surface area contributed by atoms with Gasteiger partial charge in [-0.3, -0.25) is 14.4 Å². The minimum atomic E-state index is -0.700. The quantitative estimate of drug-likeness (QED) is 0.577. The summed E-state index contributed by atoms with van der Waals surface area (Å²) in [5.74, 6) is -1.37. The van der Waals surface area contributed by atoms with E-state index < -0.39 is 11.8 Å². The summed E-state index contributed by atoms with van der Waals surface area (Å²) in [7, 11) is 0. The van der Waals surface area contributed by atoms with Crippen molar-refractivity contribution in [1.29, 1.82) is 0 Å². The molecule has 2 aliphatic rings. The summed E-state index contributed by atoms with van der Waals surface area (Å²) in [6, 6.07) is 11.4. The lowest BCUT2D eigenvalue weighted by atomic mass is 10.0. The second-order valence-corrected chi connectivity index (χ2v) is 9.00. The summed E-state index contributed by atoms with van der Waals surface area (Å²) >= 11 is 18.3. The lowest BCUT2D eigenvalue weighted by molar-refractivity contribution is -0.120. The third-order valence-electron chi connectivity index (χ3n) is 5.64. The van der Waals surface area contributed by atoms with Gasteiger partial charge in [-0.15, -0.1) is 0 Å². The number of halogens is 3. The SMILES string of the molecule is CC1CCCCN1C(=O)c1ccc(NC2=C(Cl)C(=O)N(c3cc(Cl)ccc3Cl)C2=O)cc1. The number of anilines is 2. The van der Waals surface area contributed by atoms with Gasteiger partial charge in [0.05, 0.1) is 10.7 Å². The molecule has 2 aromatic carbocycles. The number of likely N-dealkylation sites (tertiary alicyclic amines) is 1. The molecule has 6 nitrogen and oxygen atoms in total. The van der Waals surface area contributed by atoms with Gasteiger partial charge >= 0.3 is 0 Å². The standard InChI is InChI=1S/C23H20Cl3N3O3/c1-13-4-2-3-11-28(13)21(30)14-5-8-16(9-6-14)27-20-19(26)22(31)29(23(20)32)18-12-15(24)7-10-17(18)25/h5-10,12-13,27H,2-4,11H2,1H3. The molecule has 1 fully saturated rings. The zero-order valence-corrected chi connectivity index (χ0v) is 19.5. The molecule has 1 N–H and O–H groups in total. The first-order valence-corrected chi connectivity index (χ1v) is 11.3. The Morgan fingerprint density at radius 1 is 1.00 bits per heavy atom. The molecule has 0 saturated carbocycles. The van der Waals surface area contributed by atoms with Crippen molar-refractivity contribution in [2.24, 2.45) is 0 Å². The zero-order valence-electron chi connectivity index (χ0n) is 17.2. The highest BCUT2D eigenvalue weighted by atomic mass is 35.5. The van der Waals surface area contributed by atoms with Crippen LogP contribution in [0.4, 0.5) is 11.4 Å². The van der Waals surface area contributed by atoms with Crippen molar-refractivity contribution in [3.63, 3.8) is 0 Å². The van der Waals surface area contributed by atoms with Gasteiger partial charge in [0.15, 0.2) is 0 Å². The van der Waals surface area contributed by atoms with Crippen LogP contribution in [0.1, 0.15) is 36.5 Å². The van der Waals surface area contributed by atoms with E-state index >= 15 is 0 Å². The molecule has 0 aromatic heterocycles. The fraction of sp³-hybridized carbons (Fsp3) is 0.261. The largest absolute Gasteiger partial charge is 0.350 e. The minimum Gasteiger partial charge on any atom is -0.350 e. The Bertz CT molecular complexity index is 1130. The summed E-state index contributed by atoms with van der Waals surface area (Å²) in [5.41, 5.74) is 1.16. The maximum atomic E-state index is 13.0. The van der Waals surface area contributed by atoms with Crippen molar-refractivity contribution >= 4 is 63.9 Å². The Morgan fingerprint density at radius 3 is 2.41 bits per heavy atom. The van der Waals surface area contributed by atoms with E-state index in [2.05, 4.69) is 12.2 Å². The fourth-order valence-electron chi connectivity index (χ4n) is 3.89. The molecular formula is C23H20Cl3N3O3. The van der Waals surface area contributed by atoms with Crippen LogP contribution in [0, 0.1) is 0 Å². The van der Waals surface area contributed by atoms with Gasteiger partial charge in [-0.2, -0.15) is 0 Å². The lowest BCUT2D eigenvalue weighted by Crippen LogP contribution is -2.42. The van der Waals surface area contributed by atoms with Crippen molar-refractivity contribution in [1.82, 2.24) is 4.90 Å². The van der Waals surface area contributed by atoms with E-state index in [-0.39, 0.29) is 33.4 Å². The van der Waals surface area contributed by atoms with Crippen LogP contribution in [0.15, 0.2) is 53.2 Å². The molecular weight excluding hydrogens is 473 g/mol. The number of carbonyl (C=O) groups excluding carboxylic acids is 3. The van der Waals surface area contributed by atoms with Crippen LogP contribution >= 0.6 is 34.8 Å². The molecule has 0 radical (unpaired) electrons. The number of carbonyl (C=O) groups is 3. The van der Waals surface area contributed by atoms with Gasteiger partial charge in [0.1, 0.15) is 10.7 Å². The first-order valence-electron chi connectivity index (χ1n) is 10.2. The van der Waals surface area contributed by atoms with Crippen molar-refractivity contribution in [2.45, 2.75) is 32.2 Å². The Morgan fingerprint density at radius 2 is 1.72 bits per heavy atom. The van der Waals surface area contributed by atoms with E-state index in [0.29, 0.717) is 16.3 Å². The third kappa shape index (κ3) is 4.22. The Labute approximate surface area is 200 Å². The summed E-state index contributed by atoms with van der Waals surface area (Å²) in [6.45, 7) is 2.81. The van der Waals surface area contributed by atoms with Gasteiger partial charge in [0.2, 0.25) is 0 Å². The number of amides is 3. The smallest absolute Gasteiger partial charge is 0.283 e. The predicted molar refractivity (Wildman–Crippen MR) is 126 cm³/mol. The van der Waals surface area contributed by atoms with Crippen LogP contribution in [0.5, 0.6) is 0 Å². The van der Waals surface area contributed by atoms with Crippen molar-refractivity contribution in [3.8, 4) is 0 Å². The van der Waals surface area contributed by atoms with Crippen LogP contribution < -0.4 is 10.2 Å². The summed E-state index contributed by atoms with van der Waals surface area (Å²) in [6.07, 6.45) is 3.14. The predicted octanol–water partition coefficient (Wildman–Crippen LogP) is 5.44. The average molecular weight is 493 g/mol. The monoisotopic (exact) mass is 491 g/mol. The molecule has 9 heteroatoms. The molecule has 1 atom stereocenters. The van der Waals surface area contributed by atoms with E-state index in [4.69, 9.17) is 34.8 Å². The average Bonchev–Trinajstić information content (AvgIpc) is 2.99. The number of rotatable bonds is 4. The molecule has 166 valence electrons. The number of benzene rings is 2. The third-order valence-corrected chi connectivity index (χ3v) is 6.55. The lowest BCUT2D eigenvalue weighted by Gasteiger charge is -2.33. The Balaban J connectivity index is 1.52. The number of piperidine rings is 1. The highest BCUT2D eigenvalue weighted by Crippen LogP contribution is 2.35. The molecule has 0 aliphatic carbocycles. The minimum absolute atomic E-state index is 0.0186. The molecule has 3 amide bonds. The number of hydrogen-bond donors (Lipinski definition) is 1. The molecule has 2 aromatic rings. The van der Waals surface area contributed by atoms with Crippen LogP contribution in [0.2, 0.25) is 10.0 Å². The maximum Gasteiger partial charge on any atom is 0.283 e. The number of nitrogens with zero attached hydrogens (tertiary/aromatic N) is 2. The van der Waals surface area contributed by atoms with Gasteiger partial charge < -0.3 is 10.2 Å². The first kappa shape index (κ1) is 22.6. The van der Waals surface area contributed by atoms with Gasteiger partial charge in [-0.05, 0) is 68.7 Å². The maximum absolute atomic E-state index is 13.0. The van der Waals surface area contributed by atoms with E-state index in [1.807, 2.05) is 4.90 Å². The summed E-state index contributed by atoms with van der Waals surface area (Å²) in [5, 5.41) is 3.15. The van der Waals surface area contributed by atoms with Crippen molar-refractivity contribution in [3.05, 3.63) is 68.8 Å². The highest BCUT2D eigenvalue weighted by molar-refractivity contribution is 6.54. The summed E-state index contributed by atoms with van der Waals surface area (Å²) < 4.78 is 0. The van der Waals surface area contributed by atoms with Gasteiger partial charge in [-0.25, -0.2) is 4.90 Å². The number of nitrogens with one attached hydrogen (secondary N) is 1. The summed E-state index contributed by atoms with van der Waals surface area (Å²) in [4.78, 5) is 41.2. The second-order valence-electron chi connectivity index (χ2n) is 7.78. The van der Waals surface area contributed by atoms with Gasteiger partial charge in [-0.1, -0.05) is 34.8 Å². The topological polar surface area (TPSA) is 69.7 Å². The molecule has 2 aliphatic heterocycles. The van der Waals surface area contributed by atoms with Crippen LogP contribution in [0.25, 0.3) is 0 Å². The molecule has 0 bridgehead atoms. The normalized spacial score (nSPS) is 19.1. The van der Waals surface area contributed by atoms with E-state index in [1.165, 1.54) is 12.1 Å². The van der Waals surface area contributed by atoms with Crippen LogP contribution in [0.3, 0.4) is 0 Å². The molecule has 2 heterocycles.